The van der Waals surface area contributed by atoms with Gasteiger partial charge in [-0.3, -0.25) is 0 Å². The molecular formula is C17H17ClN4O2. The minimum Gasteiger partial charge on any atom is -0.461 e. The van der Waals surface area contributed by atoms with Crippen molar-refractivity contribution < 1.29 is 9.53 Å². The lowest BCUT2D eigenvalue weighted by atomic mass is 10.0. The van der Waals surface area contributed by atoms with Crippen molar-refractivity contribution >= 4 is 23.2 Å². The van der Waals surface area contributed by atoms with E-state index in [-0.39, 0.29) is 12.3 Å². The normalized spacial score (nSPS) is 11.0. The number of nitrogens with zero attached hydrogens (tertiary/aromatic N) is 4. The van der Waals surface area contributed by atoms with Crippen molar-refractivity contribution in [3.8, 4) is 11.1 Å². The van der Waals surface area contributed by atoms with Gasteiger partial charge in [0.15, 0.2) is 11.3 Å². The van der Waals surface area contributed by atoms with Gasteiger partial charge in [-0.2, -0.15) is 5.10 Å². The van der Waals surface area contributed by atoms with Gasteiger partial charge in [0.2, 0.25) is 0 Å². The average Bonchev–Trinajstić information content (AvgIpc) is 2.95. The fourth-order valence-corrected chi connectivity index (χ4v) is 2.72. The Morgan fingerprint density at radius 1 is 1.21 bits per heavy atom. The van der Waals surface area contributed by atoms with E-state index in [4.69, 9.17) is 16.3 Å². The number of aromatic nitrogens is 4. The number of ether oxygens (including phenoxy) is 1. The second-order valence-corrected chi connectivity index (χ2v) is 5.71. The van der Waals surface area contributed by atoms with Crippen LogP contribution in [0.4, 0.5) is 0 Å². The maximum atomic E-state index is 12.0. The molecule has 7 heteroatoms. The summed E-state index contributed by atoms with van der Waals surface area (Å²) in [7, 11) is 0. The van der Waals surface area contributed by atoms with E-state index in [1.807, 2.05) is 31.2 Å². The van der Waals surface area contributed by atoms with Crippen LogP contribution in [0.1, 0.15) is 35.7 Å². The van der Waals surface area contributed by atoms with Crippen LogP contribution >= 0.6 is 11.6 Å². The van der Waals surface area contributed by atoms with Gasteiger partial charge in [0.05, 0.1) is 23.6 Å². The second kappa shape index (κ2) is 6.57. The molecule has 0 aliphatic heterocycles. The van der Waals surface area contributed by atoms with E-state index in [9.17, 15) is 4.79 Å². The van der Waals surface area contributed by atoms with Gasteiger partial charge in [0.25, 0.3) is 0 Å². The SMILES string of the molecule is CCOC(=O)c1nnc2c(-c3ccc(Cl)cc3)c(CC)nn2c1C. The molecule has 0 atom stereocenters. The zero-order valence-electron chi connectivity index (χ0n) is 13.7. The third kappa shape index (κ3) is 2.73. The van der Waals surface area contributed by atoms with Crippen LogP contribution in [0.3, 0.4) is 0 Å². The van der Waals surface area contributed by atoms with E-state index in [1.165, 1.54) is 0 Å². The smallest absolute Gasteiger partial charge is 0.360 e. The molecule has 2 aromatic heterocycles. The van der Waals surface area contributed by atoms with Gasteiger partial charge in [-0.05, 0) is 38.0 Å². The molecule has 0 amide bonds. The first-order valence-corrected chi connectivity index (χ1v) is 8.12. The summed E-state index contributed by atoms with van der Waals surface area (Å²) in [6.07, 6.45) is 0.732. The number of benzene rings is 1. The van der Waals surface area contributed by atoms with Crippen molar-refractivity contribution in [1.82, 2.24) is 19.8 Å². The fourth-order valence-electron chi connectivity index (χ4n) is 2.60. The second-order valence-electron chi connectivity index (χ2n) is 5.27. The highest BCUT2D eigenvalue weighted by Gasteiger charge is 2.21. The molecule has 0 N–H and O–H groups in total. The highest BCUT2D eigenvalue weighted by atomic mass is 35.5. The molecule has 0 bridgehead atoms. The predicted octanol–water partition coefficient (Wildman–Crippen LogP) is 3.49. The third-order valence-corrected chi connectivity index (χ3v) is 4.03. The molecular weight excluding hydrogens is 328 g/mol. The van der Waals surface area contributed by atoms with Crippen LogP contribution in [-0.2, 0) is 11.2 Å². The molecule has 0 spiro atoms. The number of aryl methyl sites for hydroxylation is 2. The largest absolute Gasteiger partial charge is 0.461 e. The number of rotatable bonds is 4. The topological polar surface area (TPSA) is 69.4 Å². The molecule has 3 rings (SSSR count). The van der Waals surface area contributed by atoms with E-state index < -0.39 is 5.97 Å². The molecule has 2 heterocycles. The van der Waals surface area contributed by atoms with Crippen molar-refractivity contribution in [1.29, 1.82) is 0 Å². The quantitative estimate of drug-likeness (QED) is 0.677. The monoisotopic (exact) mass is 344 g/mol. The van der Waals surface area contributed by atoms with E-state index in [0.29, 0.717) is 16.4 Å². The number of hydrogen-bond donors (Lipinski definition) is 0. The molecule has 124 valence electrons. The van der Waals surface area contributed by atoms with E-state index in [0.717, 1.165) is 23.2 Å². The minimum atomic E-state index is -0.494. The lowest BCUT2D eigenvalue weighted by Crippen LogP contribution is -2.14. The van der Waals surface area contributed by atoms with Crippen molar-refractivity contribution in [2.45, 2.75) is 27.2 Å². The van der Waals surface area contributed by atoms with Crippen molar-refractivity contribution in [2.24, 2.45) is 0 Å². The Kier molecular flexibility index (Phi) is 4.49. The summed E-state index contributed by atoms with van der Waals surface area (Å²) in [5.41, 5.74) is 4.14. The Labute approximate surface area is 144 Å². The van der Waals surface area contributed by atoms with Crippen LogP contribution in [0.2, 0.25) is 5.02 Å². The van der Waals surface area contributed by atoms with Crippen LogP contribution in [0, 0.1) is 6.92 Å². The summed E-state index contributed by atoms with van der Waals surface area (Å²) in [5, 5.41) is 13.6. The fraction of sp³-hybridized carbons (Fsp3) is 0.294. The molecule has 0 unspecified atom stereocenters. The molecule has 0 saturated carbocycles. The van der Waals surface area contributed by atoms with Gasteiger partial charge in [0.1, 0.15) is 0 Å². The summed E-state index contributed by atoms with van der Waals surface area (Å²) in [5.74, 6) is -0.494. The Morgan fingerprint density at radius 3 is 2.54 bits per heavy atom. The zero-order chi connectivity index (χ0) is 17.3. The van der Waals surface area contributed by atoms with Crippen molar-refractivity contribution in [2.75, 3.05) is 6.61 Å². The maximum absolute atomic E-state index is 12.0. The highest BCUT2D eigenvalue weighted by molar-refractivity contribution is 6.30. The molecule has 0 aliphatic carbocycles. The minimum absolute atomic E-state index is 0.178. The lowest BCUT2D eigenvalue weighted by molar-refractivity contribution is 0.0516. The number of esters is 1. The Hall–Kier alpha value is -2.47. The number of hydrogen-bond acceptors (Lipinski definition) is 5. The molecule has 0 saturated heterocycles. The zero-order valence-corrected chi connectivity index (χ0v) is 14.5. The molecule has 24 heavy (non-hydrogen) atoms. The standard InChI is InChI=1S/C17H17ClN4O2/c1-4-13-14(11-6-8-12(18)9-7-11)16-20-19-15(17(23)24-5-2)10(3)22(16)21-13/h6-9H,4-5H2,1-3H3. The van der Waals surface area contributed by atoms with E-state index in [1.54, 1.807) is 18.4 Å². The molecule has 1 aromatic carbocycles. The number of carbonyl (C=O) groups is 1. The Morgan fingerprint density at radius 2 is 1.92 bits per heavy atom. The molecule has 0 fully saturated rings. The van der Waals surface area contributed by atoms with Crippen LogP contribution in [0.15, 0.2) is 24.3 Å². The van der Waals surface area contributed by atoms with Gasteiger partial charge in [-0.25, -0.2) is 9.31 Å². The van der Waals surface area contributed by atoms with Crippen LogP contribution < -0.4 is 0 Å². The summed E-state index contributed by atoms with van der Waals surface area (Å²) < 4.78 is 6.68. The number of halogens is 1. The summed E-state index contributed by atoms with van der Waals surface area (Å²) in [6, 6.07) is 7.50. The van der Waals surface area contributed by atoms with E-state index >= 15 is 0 Å². The first-order valence-electron chi connectivity index (χ1n) is 7.74. The molecule has 6 nitrogen and oxygen atoms in total. The summed E-state index contributed by atoms with van der Waals surface area (Å²) in [4.78, 5) is 12.0. The summed E-state index contributed by atoms with van der Waals surface area (Å²) >= 11 is 5.98. The van der Waals surface area contributed by atoms with E-state index in [2.05, 4.69) is 15.3 Å². The lowest BCUT2D eigenvalue weighted by Gasteiger charge is -2.05. The van der Waals surface area contributed by atoms with Crippen molar-refractivity contribution in [3.63, 3.8) is 0 Å². The van der Waals surface area contributed by atoms with Gasteiger partial charge in [0, 0.05) is 5.02 Å². The molecule has 0 aliphatic rings. The highest BCUT2D eigenvalue weighted by Crippen LogP contribution is 2.29. The maximum Gasteiger partial charge on any atom is 0.360 e. The Balaban J connectivity index is 2.22. The van der Waals surface area contributed by atoms with Crippen LogP contribution in [0.25, 0.3) is 16.8 Å². The van der Waals surface area contributed by atoms with Crippen LogP contribution in [-0.4, -0.2) is 32.4 Å². The van der Waals surface area contributed by atoms with Crippen LogP contribution in [0.5, 0.6) is 0 Å². The molecule has 3 aromatic rings. The van der Waals surface area contributed by atoms with Gasteiger partial charge in [-0.1, -0.05) is 30.7 Å². The first kappa shape index (κ1) is 16.4. The summed E-state index contributed by atoms with van der Waals surface area (Å²) in [6.45, 7) is 5.84. The van der Waals surface area contributed by atoms with Gasteiger partial charge < -0.3 is 4.74 Å². The van der Waals surface area contributed by atoms with Gasteiger partial charge >= 0.3 is 5.97 Å². The predicted molar refractivity (Wildman–Crippen MR) is 91.3 cm³/mol. The van der Waals surface area contributed by atoms with Crippen molar-refractivity contribution in [3.05, 3.63) is 46.4 Å². The third-order valence-electron chi connectivity index (χ3n) is 3.78. The average molecular weight is 345 g/mol. The van der Waals surface area contributed by atoms with Gasteiger partial charge in [-0.15, -0.1) is 10.2 Å². The first-order chi connectivity index (χ1) is 11.6. The molecule has 0 radical (unpaired) electrons. The number of carbonyl (C=O) groups excluding carboxylic acids is 1. The number of fused-ring (bicyclic) bond motifs is 1. The Bertz CT molecular complexity index is 903.